The number of nitrogens with zero attached hydrogens (tertiary/aromatic N) is 1. The number of nitrogens with one attached hydrogen (secondary N) is 1. The van der Waals surface area contributed by atoms with Crippen LogP contribution in [-0.2, 0) is 0 Å². The molecule has 2 heteroatoms. The van der Waals surface area contributed by atoms with E-state index in [4.69, 9.17) is 0 Å². The zero-order valence-corrected chi connectivity index (χ0v) is 14.8. The minimum Gasteiger partial charge on any atom is -0.314 e. The SMILES string of the molecule is CCCN(CC1CC1)CC1(CNC(C)C)CCCCCC1. The zero-order valence-electron chi connectivity index (χ0n) is 14.8. The normalized spacial score (nSPS) is 22.7. The maximum absolute atomic E-state index is 3.77. The average molecular weight is 295 g/mol. The van der Waals surface area contributed by atoms with Crippen molar-refractivity contribution in [3.8, 4) is 0 Å². The maximum atomic E-state index is 3.77. The van der Waals surface area contributed by atoms with Crippen LogP contribution in [0.5, 0.6) is 0 Å². The highest BCUT2D eigenvalue weighted by atomic mass is 15.1. The second-order valence-electron chi connectivity index (χ2n) is 8.13. The van der Waals surface area contributed by atoms with Crippen LogP contribution in [0.4, 0.5) is 0 Å². The van der Waals surface area contributed by atoms with Gasteiger partial charge in [0, 0.05) is 25.7 Å². The lowest BCUT2D eigenvalue weighted by atomic mass is 9.79. The number of hydrogen-bond donors (Lipinski definition) is 1. The maximum Gasteiger partial charge on any atom is 0.00503 e. The third kappa shape index (κ3) is 6.28. The third-order valence-corrected chi connectivity index (χ3v) is 5.36. The molecule has 2 nitrogen and oxygen atoms in total. The molecule has 2 aliphatic rings. The van der Waals surface area contributed by atoms with Gasteiger partial charge in [0.1, 0.15) is 0 Å². The summed E-state index contributed by atoms with van der Waals surface area (Å²) in [4.78, 5) is 2.81. The molecule has 124 valence electrons. The van der Waals surface area contributed by atoms with Crippen molar-refractivity contribution in [2.75, 3.05) is 26.2 Å². The van der Waals surface area contributed by atoms with Crippen LogP contribution in [0.1, 0.15) is 78.6 Å². The molecule has 2 saturated carbocycles. The van der Waals surface area contributed by atoms with E-state index in [0.717, 1.165) is 5.92 Å². The Kier molecular flexibility index (Phi) is 7.01. The molecule has 0 saturated heterocycles. The Labute approximate surface area is 133 Å². The van der Waals surface area contributed by atoms with Crippen molar-refractivity contribution in [1.82, 2.24) is 10.2 Å². The van der Waals surface area contributed by atoms with Crippen LogP contribution in [0, 0.1) is 11.3 Å². The third-order valence-electron chi connectivity index (χ3n) is 5.36. The standard InChI is InChI=1S/C19H38N2/c1-4-13-21(14-18-9-10-18)16-19(15-20-17(2)3)11-7-5-6-8-12-19/h17-18,20H,4-16H2,1-3H3. The second kappa shape index (κ2) is 8.53. The molecule has 0 aromatic heterocycles. The molecule has 21 heavy (non-hydrogen) atoms. The highest BCUT2D eigenvalue weighted by Crippen LogP contribution is 2.37. The van der Waals surface area contributed by atoms with Crippen LogP contribution in [0.2, 0.25) is 0 Å². The Morgan fingerprint density at radius 1 is 1.10 bits per heavy atom. The van der Waals surface area contributed by atoms with Gasteiger partial charge in [-0.25, -0.2) is 0 Å². The Balaban J connectivity index is 1.96. The van der Waals surface area contributed by atoms with Crippen molar-refractivity contribution in [3.63, 3.8) is 0 Å². The first kappa shape index (κ1) is 17.3. The molecule has 0 radical (unpaired) electrons. The summed E-state index contributed by atoms with van der Waals surface area (Å²) < 4.78 is 0. The molecule has 1 N–H and O–H groups in total. The van der Waals surface area contributed by atoms with Gasteiger partial charge >= 0.3 is 0 Å². The van der Waals surface area contributed by atoms with E-state index in [1.165, 1.54) is 84.0 Å². The molecular formula is C19H38N2. The summed E-state index contributed by atoms with van der Waals surface area (Å²) in [6, 6.07) is 0.619. The Bertz CT molecular complexity index is 275. The van der Waals surface area contributed by atoms with Crippen LogP contribution in [0.15, 0.2) is 0 Å². The molecule has 0 aromatic rings. The van der Waals surface area contributed by atoms with Gasteiger partial charge in [-0.1, -0.05) is 46.5 Å². The molecule has 0 atom stereocenters. The Hall–Kier alpha value is -0.0800. The average Bonchev–Trinajstić information content (AvgIpc) is 3.25. The summed E-state index contributed by atoms with van der Waals surface area (Å²) >= 11 is 0. The first-order valence-electron chi connectivity index (χ1n) is 9.59. The van der Waals surface area contributed by atoms with E-state index in [0.29, 0.717) is 11.5 Å². The summed E-state index contributed by atoms with van der Waals surface area (Å²) in [7, 11) is 0. The fraction of sp³-hybridized carbons (Fsp3) is 1.00. The quantitative estimate of drug-likeness (QED) is 0.632. The largest absolute Gasteiger partial charge is 0.314 e. The smallest absolute Gasteiger partial charge is 0.00503 e. The van der Waals surface area contributed by atoms with E-state index < -0.39 is 0 Å². The lowest BCUT2D eigenvalue weighted by molar-refractivity contribution is 0.120. The van der Waals surface area contributed by atoms with Gasteiger partial charge in [-0.3, -0.25) is 0 Å². The summed E-state index contributed by atoms with van der Waals surface area (Å²) in [6.07, 6.45) is 13.0. The van der Waals surface area contributed by atoms with E-state index in [1.54, 1.807) is 0 Å². The molecule has 2 fully saturated rings. The van der Waals surface area contributed by atoms with E-state index >= 15 is 0 Å². The van der Waals surface area contributed by atoms with Crippen molar-refractivity contribution in [3.05, 3.63) is 0 Å². The summed E-state index contributed by atoms with van der Waals surface area (Å²) in [6.45, 7) is 12.2. The molecule has 2 aliphatic carbocycles. The van der Waals surface area contributed by atoms with Gasteiger partial charge in [-0.05, 0) is 50.0 Å². The minimum atomic E-state index is 0.546. The summed E-state index contributed by atoms with van der Waals surface area (Å²) in [5, 5.41) is 3.77. The molecule has 0 amide bonds. The molecular weight excluding hydrogens is 256 g/mol. The van der Waals surface area contributed by atoms with Gasteiger partial charge in [-0.2, -0.15) is 0 Å². The highest BCUT2D eigenvalue weighted by molar-refractivity contribution is 4.89. The van der Waals surface area contributed by atoms with Crippen LogP contribution in [0.25, 0.3) is 0 Å². The lowest BCUT2D eigenvalue weighted by Crippen LogP contribution is -2.46. The molecule has 0 aliphatic heterocycles. The summed E-state index contributed by atoms with van der Waals surface area (Å²) in [5.74, 6) is 1.03. The van der Waals surface area contributed by atoms with Crippen molar-refractivity contribution < 1.29 is 0 Å². The predicted octanol–water partition coefficient (Wildman–Crippen LogP) is 4.45. The van der Waals surface area contributed by atoms with Gasteiger partial charge in [0.05, 0.1) is 0 Å². The Morgan fingerprint density at radius 2 is 1.76 bits per heavy atom. The van der Waals surface area contributed by atoms with Crippen LogP contribution < -0.4 is 5.32 Å². The van der Waals surface area contributed by atoms with Crippen LogP contribution in [-0.4, -0.2) is 37.1 Å². The minimum absolute atomic E-state index is 0.546. The monoisotopic (exact) mass is 294 g/mol. The van der Waals surface area contributed by atoms with Gasteiger partial charge in [0.25, 0.3) is 0 Å². The second-order valence-corrected chi connectivity index (χ2v) is 8.13. The van der Waals surface area contributed by atoms with Crippen molar-refractivity contribution in [1.29, 1.82) is 0 Å². The fourth-order valence-corrected chi connectivity index (χ4v) is 3.98. The van der Waals surface area contributed by atoms with E-state index in [9.17, 15) is 0 Å². The van der Waals surface area contributed by atoms with Crippen molar-refractivity contribution in [2.24, 2.45) is 11.3 Å². The number of rotatable bonds is 9. The van der Waals surface area contributed by atoms with E-state index in [2.05, 4.69) is 31.0 Å². The van der Waals surface area contributed by atoms with Crippen molar-refractivity contribution in [2.45, 2.75) is 84.6 Å². The molecule has 0 bridgehead atoms. The molecule has 0 aromatic carbocycles. The lowest BCUT2D eigenvalue weighted by Gasteiger charge is -2.39. The number of hydrogen-bond acceptors (Lipinski definition) is 2. The predicted molar refractivity (Wildman–Crippen MR) is 92.7 cm³/mol. The first-order chi connectivity index (χ1) is 10.1. The van der Waals surface area contributed by atoms with Crippen molar-refractivity contribution >= 4 is 0 Å². The van der Waals surface area contributed by atoms with E-state index in [-0.39, 0.29) is 0 Å². The fourth-order valence-electron chi connectivity index (χ4n) is 3.98. The first-order valence-corrected chi connectivity index (χ1v) is 9.59. The topological polar surface area (TPSA) is 15.3 Å². The van der Waals surface area contributed by atoms with Crippen LogP contribution >= 0.6 is 0 Å². The van der Waals surface area contributed by atoms with Gasteiger partial charge in [0.2, 0.25) is 0 Å². The molecule has 2 rings (SSSR count). The Morgan fingerprint density at radius 3 is 2.29 bits per heavy atom. The van der Waals surface area contributed by atoms with Crippen LogP contribution in [0.3, 0.4) is 0 Å². The molecule has 0 unspecified atom stereocenters. The van der Waals surface area contributed by atoms with Gasteiger partial charge in [0.15, 0.2) is 0 Å². The van der Waals surface area contributed by atoms with Gasteiger partial charge < -0.3 is 10.2 Å². The summed E-state index contributed by atoms with van der Waals surface area (Å²) in [5.41, 5.74) is 0.546. The zero-order chi connectivity index (χ0) is 15.1. The van der Waals surface area contributed by atoms with Gasteiger partial charge in [-0.15, -0.1) is 0 Å². The molecule has 0 spiro atoms. The molecule has 0 heterocycles. The highest BCUT2D eigenvalue weighted by Gasteiger charge is 2.34. The van der Waals surface area contributed by atoms with E-state index in [1.807, 2.05) is 0 Å².